The van der Waals surface area contributed by atoms with Gasteiger partial charge in [0, 0.05) is 16.7 Å². The molecule has 0 N–H and O–H groups in total. The predicted molar refractivity (Wildman–Crippen MR) is 123 cm³/mol. The number of hydrogen-bond donors (Lipinski definition) is 0. The minimum atomic E-state index is -4.38. The van der Waals surface area contributed by atoms with Crippen molar-refractivity contribution >= 4 is 11.9 Å². The molecule has 0 aliphatic heterocycles. The summed E-state index contributed by atoms with van der Waals surface area (Å²) in [6, 6.07) is 5.58. The van der Waals surface area contributed by atoms with Crippen LogP contribution in [0.1, 0.15) is 89.2 Å². The van der Waals surface area contributed by atoms with Crippen LogP contribution in [0.5, 0.6) is 0 Å². The molecule has 32 heavy (non-hydrogen) atoms. The van der Waals surface area contributed by atoms with E-state index in [4.69, 9.17) is 0 Å². The molecule has 0 saturated heterocycles. The number of fused-ring (bicyclic) bond motifs is 5. The molecule has 1 aromatic carbocycles. The molecule has 0 bridgehead atoms. The molecule has 5 heteroatoms. The molecule has 2 nitrogen and oxygen atoms in total. The van der Waals surface area contributed by atoms with Gasteiger partial charge < -0.3 is 0 Å². The van der Waals surface area contributed by atoms with Crippen molar-refractivity contribution in [2.45, 2.75) is 84.2 Å². The summed E-state index contributed by atoms with van der Waals surface area (Å²) >= 11 is 0. The highest BCUT2D eigenvalue weighted by atomic mass is 19.4. The topological polar surface area (TPSA) is 24.7 Å². The van der Waals surface area contributed by atoms with Gasteiger partial charge in [-0.05, 0) is 86.5 Å². The highest BCUT2D eigenvalue weighted by molar-refractivity contribution is 5.93. The molecule has 6 atom stereocenters. The van der Waals surface area contributed by atoms with Crippen molar-refractivity contribution < 1.29 is 13.2 Å². The number of rotatable bonds is 2. The summed E-state index contributed by atoms with van der Waals surface area (Å²) in [6.45, 7) is 4.94. The maximum atomic E-state index is 13.3. The van der Waals surface area contributed by atoms with Crippen LogP contribution in [0.15, 0.2) is 34.5 Å². The normalized spacial score (nSPS) is 40.8. The second-order valence-corrected chi connectivity index (χ2v) is 11.3. The summed E-state index contributed by atoms with van der Waals surface area (Å²) in [7, 11) is 0. The average Bonchev–Trinajstić information content (AvgIpc) is 3.09. The largest absolute Gasteiger partial charge is 0.417 e. The maximum Gasteiger partial charge on any atom is 0.417 e. The first-order valence-corrected chi connectivity index (χ1v) is 12.5. The standard InChI is InChI=1S/C27H35F3N2/c1-25-15-6-5-8-19(25)10-11-20-22-12-13-24(26(22,2)16-14-23(20)25)32-31-17-18-7-3-4-9-21(18)27(28,29)30/h3-4,7,9,17,19-20,22-23H,5-6,8,10-16H2,1-2H3/b31-17-,32-24-/t19-,20-,22-,23-,25+,26+/m1/s1. The van der Waals surface area contributed by atoms with Gasteiger partial charge in [0.1, 0.15) is 0 Å². The van der Waals surface area contributed by atoms with E-state index < -0.39 is 11.7 Å². The second-order valence-electron chi connectivity index (χ2n) is 11.3. The molecule has 4 saturated carbocycles. The molecule has 0 spiro atoms. The molecule has 1 aromatic rings. The Kier molecular flexibility index (Phi) is 5.53. The van der Waals surface area contributed by atoms with Gasteiger partial charge in [-0.25, -0.2) is 0 Å². The van der Waals surface area contributed by atoms with E-state index in [-0.39, 0.29) is 11.0 Å². The molecule has 174 valence electrons. The van der Waals surface area contributed by atoms with E-state index in [0.29, 0.717) is 11.3 Å². The molecule has 5 rings (SSSR count). The van der Waals surface area contributed by atoms with Crippen molar-refractivity contribution in [2.24, 2.45) is 44.7 Å². The van der Waals surface area contributed by atoms with E-state index in [1.807, 2.05) is 0 Å². The number of benzene rings is 1. The van der Waals surface area contributed by atoms with E-state index in [1.54, 1.807) is 6.07 Å². The van der Waals surface area contributed by atoms with Gasteiger partial charge in [0.05, 0.1) is 11.8 Å². The summed E-state index contributed by atoms with van der Waals surface area (Å²) < 4.78 is 39.8. The summed E-state index contributed by atoms with van der Waals surface area (Å²) in [6.07, 6.45) is 9.75. The Balaban J connectivity index is 1.37. The fourth-order valence-corrected chi connectivity index (χ4v) is 8.28. The van der Waals surface area contributed by atoms with Crippen molar-refractivity contribution in [3.8, 4) is 0 Å². The first-order chi connectivity index (χ1) is 15.2. The van der Waals surface area contributed by atoms with E-state index in [2.05, 4.69) is 24.1 Å². The van der Waals surface area contributed by atoms with E-state index in [1.165, 1.54) is 63.3 Å². The van der Waals surface area contributed by atoms with Crippen LogP contribution >= 0.6 is 0 Å². The second kappa shape index (κ2) is 7.99. The van der Waals surface area contributed by atoms with Crippen LogP contribution in [0.2, 0.25) is 0 Å². The quantitative estimate of drug-likeness (QED) is 0.327. The van der Waals surface area contributed by atoms with E-state index in [0.717, 1.165) is 48.8 Å². The fourth-order valence-electron chi connectivity index (χ4n) is 8.28. The Hall–Kier alpha value is -1.65. The monoisotopic (exact) mass is 444 g/mol. The van der Waals surface area contributed by atoms with Gasteiger partial charge in [-0.3, -0.25) is 0 Å². The summed E-state index contributed by atoms with van der Waals surface area (Å²) in [4.78, 5) is 0. The molecule has 4 aliphatic rings. The summed E-state index contributed by atoms with van der Waals surface area (Å²) in [5.41, 5.74) is 1.10. The minimum absolute atomic E-state index is 0.0555. The number of halogens is 3. The van der Waals surface area contributed by atoms with Crippen LogP contribution in [0.25, 0.3) is 0 Å². The number of nitrogens with zero attached hydrogens (tertiary/aromatic N) is 2. The molecule has 0 unspecified atom stereocenters. The Morgan fingerprint density at radius 1 is 0.938 bits per heavy atom. The predicted octanol–water partition coefficient (Wildman–Crippen LogP) is 7.91. The van der Waals surface area contributed by atoms with Gasteiger partial charge in [0.25, 0.3) is 0 Å². The minimum Gasteiger partial charge on any atom is -0.166 e. The van der Waals surface area contributed by atoms with Crippen LogP contribution < -0.4 is 0 Å². The highest BCUT2D eigenvalue weighted by Gasteiger charge is 2.59. The van der Waals surface area contributed by atoms with E-state index in [9.17, 15) is 13.2 Å². The molecule has 0 aromatic heterocycles. The average molecular weight is 445 g/mol. The lowest BCUT2D eigenvalue weighted by atomic mass is 9.45. The van der Waals surface area contributed by atoms with Crippen molar-refractivity contribution in [1.82, 2.24) is 0 Å². The first kappa shape index (κ1) is 22.2. The molecule has 4 fully saturated rings. The lowest BCUT2D eigenvalue weighted by molar-refractivity contribution is -0.137. The molecule has 0 radical (unpaired) electrons. The van der Waals surface area contributed by atoms with Gasteiger partial charge in [0.2, 0.25) is 0 Å². The van der Waals surface area contributed by atoms with Gasteiger partial charge in [0.15, 0.2) is 0 Å². The molecule has 4 aliphatic carbocycles. The van der Waals surface area contributed by atoms with Crippen molar-refractivity contribution in [1.29, 1.82) is 0 Å². The van der Waals surface area contributed by atoms with Gasteiger partial charge in [-0.15, -0.1) is 0 Å². The smallest absolute Gasteiger partial charge is 0.166 e. The van der Waals surface area contributed by atoms with Gasteiger partial charge in [-0.2, -0.15) is 23.4 Å². The van der Waals surface area contributed by atoms with Crippen LogP contribution in [-0.2, 0) is 6.18 Å². The summed E-state index contributed by atoms with van der Waals surface area (Å²) in [5.74, 6) is 3.17. The Bertz CT molecular complexity index is 920. The van der Waals surface area contributed by atoms with Crippen molar-refractivity contribution in [2.75, 3.05) is 0 Å². The molecular formula is C27H35F3N2. The highest BCUT2D eigenvalue weighted by Crippen LogP contribution is 2.65. The third-order valence-corrected chi connectivity index (χ3v) is 9.97. The SMILES string of the molecule is C[C@]12CCCC[C@@H]1CC[C@H]1[C@H]2CC[C@]2(C)/C(=N\N=C/c3ccccc3C(F)(F)F)CC[C@H]12. The maximum absolute atomic E-state index is 13.3. The van der Waals surface area contributed by atoms with Gasteiger partial charge in [-0.1, -0.05) is 44.9 Å². The zero-order valence-electron chi connectivity index (χ0n) is 19.3. The van der Waals surface area contributed by atoms with Crippen LogP contribution in [0.3, 0.4) is 0 Å². The van der Waals surface area contributed by atoms with Crippen LogP contribution in [0, 0.1) is 34.5 Å². The zero-order valence-corrected chi connectivity index (χ0v) is 19.3. The number of hydrogen-bond acceptors (Lipinski definition) is 2. The lowest BCUT2D eigenvalue weighted by Gasteiger charge is -2.59. The molecular weight excluding hydrogens is 409 g/mol. The van der Waals surface area contributed by atoms with Crippen LogP contribution in [-0.4, -0.2) is 11.9 Å². The van der Waals surface area contributed by atoms with E-state index >= 15 is 0 Å². The Morgan fingerprint density at radius 3 is 2.56 bits per heavy atom. The molecule has 0 heterocycles. The van der Waals surface area contributed by atoms with Crippen molar-refractivity contribution in [3.63, 3.8) is 0 Å². The Morgan fingerprint density at radius 2 is 1.75 bits per heavy atom. The fraction of sp³-hybridized carbons (Fsp3) is 0.704. The Labute approximate surface area is 189 Å². The lowest BCUT2D eigenvalue weighted by Crippen LogP contribution is -2.52. The first-order valence-electron chi connectivity index (χ1n) is 12.5. The summed E-state index contributed by atoms with van der Waals surface area (Å²) in [5, 5.41) is 8.73. The number of alkyl halides is 3. The van der Waals surface area contributed by atoms with Gasteiger partial charge >= 0.3 is 6.18 Å². The third-order valence-electron chi connectivity index (χ3n) is 9.97. The zero-order chi connectivity index (χ0) is 22.6. The molecule has 0 amide bonds. The van der Waals surface area contributed by atoms with Crippen molar-refractivity contribution in [3.05, 3.63) is 35.4 Å². The third kappa shape index (κ3) is 3.54. The van der Waals surface area contributed by atoms with Crippen LogP contribution in [0.4, 0.5) is 13.2 Å².